The number of hydrogen-bond donors (Lipinski definition) is 2. The van der Waals surface area contributed by atoms with Gasteiger partial charge in [0.05, 0.1) is 23.8 Å². The lowest BCUT2D eigenvalue weighted by Gasteiger charge is -2.25. The van der Waals surface area contributed by atoms with Gasteiger partial charge in [-0.3, -0.25) is 5.10 Å². The number of nitrogens with one attached hydrogen (secondary N) is 1. The number of nitriles is 1. The Bertz CT molecular complexity index is 1140. The van der Waals surface area contributed by atoms with Crippen molar-refractivity contribution in [2.75, 3.05) is 6.61 Å². The molecule has 1 unspecified atom stereocenters. The third-order valence-corrected chi connectivity index (χ3v) is 5.17. The minimum absolute atomic E-state index is 0.0695. The van der Waals surface area contributed by atoms with Crippen LogP contribution in [0.1, 0.15) is 30.4 Å². The zero-order chi connectivity index (χ0) is 21.3. The van der Waals surface area contributed by atoms with Crippen LogP contribution in [0.5, 0.6) is 11.6 Å². The van der Waals surface area contributed by atoms with Crippen molar-refractivity contribution >= 4 is 11.6 Å². The van der Waals surface area contributed by atoms with E-state index in [9.17, 15) is 9.65 Å². The molecule has 8 heteroatoms. The molecule has 2 heterocycles. The second-order valence-corrected chi connectivity index (χ2v) is 7.16. The average molecular weight is 425 g/mol. The fraction of sp³-hybridized carbons (Fsp3) is 0.182. The highest BCUT2D eigenvalue weighted by Crippen LogP contribution is 2.47. The molecule has 2 aromatic carbocycles. The lowest BCUT2D eigenvalue weighted by atomic mass is 9.82. The molecule has 0 aliphatic carbocycles. The van der Waals surface area contributed by atoms with Crippen LogP contribution in [0.3, 0.4) is 0 Å². The number of nitrogens with zero attached hydrogens (tertiary/aromatic N) is 2. The van der Waals surface area contributed by atoms with Gasteiger partial charge in [0, 0.05) is 16.1 Å². The summed E-state index contributed by atoms with van der Waals surface area (Å²) in [6.45, 7) is 2.65. The Morgan fingerprint density at radius 2 is 2.03 bits per heavy atom. The topological polar surface area (TPSA) is 97.0 Å². The van der Waals surface area contributed by atoms with Crippen molar-refractivity contribution in [2.45, 2.75) is 19.3 Å². The van der Waals surface area contributed by atoms with Gasteiger partial charge < -0.3 is 15.2 Å². The summed E-state index contributed by atoms with van der Waals surface area (Å²) in [4.78, 5) is 0. The summed E-state index contributed by atoms with van der Waals surface area (Å²) in [5, 5.41) is 17.0. The average Bonchev–Trinajstić information content (AvgIpc) is 3.15. The normalized spacial score (nSPS) is 15.3. The number of fused-ring (bicyclic) bond motifs is 1. The molecule has 4 rings (SSSR count). The van der Waals surface area contributed by atoms with Crippen LogP contribution in [0, 0.1) is 17.1 Å². The fourth-order valence-electron chi connectivity index (χ4n) is 3.48. The maximum atomic E-state index is 14.8. The van der Waals surface area contributed by atoms with Crippen LogP contribution >= 0.6 is 11.6 Å². The maximum absolute atomic E-state index is 14.8. The van der Waals surface area contributed by atoms with Gasteiger partial charge in [-0.1, -0.05) is 24.6 Å². The molecule has 0 bridgehead atoms. The second-order valence-electron chi connectivity index (χ2n) is 6.75. The van der Waals surface area contributed by atoms with Crippen molar-refractivity contribution in [3.8, 4) is 29.0 Å². The van der Waals surface area contributed by atoms with Crippen molar-refractivity contribution in [3.05, 3.63) is 75.9 Å². The summed E-state index contributed by atoms with van der Waals surface area (Å²) < 4.78 is 26.0. The van der Waals surface area contributed by atoms with E-state index in [4.69, 9.17) is 26.8 Å². The minimum atomic E-state index is -0.864. The second kappa shape index (κ2) is 8.09. The van der Waals surface area contributed by atoms with Gasteiger partial charge in [0.25, 0.3) is 0 Å². The number of hydrogen-bond acceptors (Lipinski definition) is 5. The van der Waals surface area contributed by atoms with Crippen LogP contribution in [0.15, 0.2) is 53.9 Å². The van der Waals surface area contributed by atoms with Crippen LogP contribution in [-0.2, 0) is 0 Å². The van der Waals surface area contributed by atoms with Crippen LogP contribution < -0.4 is 15.2 Å². The first-order valence-electron chi connectivity index (χ1n) is 9.38. The van der Waals surface area contributed by atoms with Gasteiger partial charge in [0.15, 0.2) is 0 Å². The first-order valence-corrected chi connectivity index (χ1v) is 9.75. The summed E-state index contributed by atoms with van der Waals surface area (Å²) in [6, 6.07) is 13.8. The van der Waals surface area contributed by atoms with E-state index in [0.717, 1.165) is 17.7 Å². The van der Waals surface area contributed by atoms with E-state index >= 15 is 0 Å². The number of allylic oxidation sites excluding steroid dienone is 1. The number of halogens is 2. The molecule has 0 radical (unpaired) electrons. The molecule has 30 heavy (non-hydrogen) atoms. The lowest BCUT2D eigenvalue weighted by Crippen LogP contribution is -2.21. The Balaban J connectivity index is 1.87. The molecule has 0 amide bonds. The minimum Gasteiger partial charge on any atom is -0.494 e. The van der Waals surface area contributed by atoms with Gasteiger partial charge in [0.2, 0.25) is 11.8 Å². The molecular formula is C22H18ClFN4O2. The first-order chi connectivity index (χ1) is 14.5. The van der Waals surface area contributed by atoms with E-state index < -0.39 is 11.7 Å². The van der Waals surface area contributed by atoms with E-state index in [1.807, 2.05) is 37.3 Å². The molecular weight excluding hydrogens is 407 g/mol. The van der Waals surface area contributed by atoms with E-state index in [1.165, 1.54) is 12.1 Å². The van der Waals surface area contributed by atoms with Crippen LogP contribution in [0.4, 0.5) is 4.39 Å². The molecule has 1 aliphatic rings. The zero-order valence-electron chi connectivity index (χ0n) is 16.1. The molecule has 3 N–H and O–H groups in total. The molecule has 0 saturated carbocycles. The number of aromatic nitrogens is 2. The van der Waals surface area contributed by atoms with E-state index in [2.05, 4.69) is 10.2 Å². The molecule has 0 fully saturated rings. The molecule has 6 nitrogen and oxygen atoms in total. The number of aromatic amines is 1. The molecule has 152 valence electrons. The standard InChI is InChI=1S/C22H18ClFN4O2/c1-2-10-29-13-8-6-12(7-9-13)20-19-17(18-15(23)4-3-5-16(18)24)14(11-25)21(26)30-22(19)28-27-20/h3-9,17H,2,10,26H2,1H3,(H,27,28). The van der Waals surface area contributed by atoms with Gasteiger partial charge in [-0.15, -0.1) is 5.10 Å². The van der Waals surface area contributed by atoms with Crippen molar-refractivity contribution in [1.82, 2.24) is 10.2 Å². The summed E-state index contributed by atoms with van der Waals surface area (Å²) in [7, 11) is 0. The van der Waals surface area contributed by atoms with Gasteiger partial charge in [-0.05, 0) is 42.8 Å². The number of ether oxygens (including phenoxy) is 2. The molecule has 0 spiro atoms. The van der Waals surface area contributed by atoms with Crippen molar-refractivity contribution in [1.29, 1.82) is 5.26 Å². The Kier molecular flexibility index (Phi) is 5.34. The third kappa shape index (κ3) is 3.36. The predicted molar refractivity (Wildman–Crippen MR) is 111 cm³/mol. The maximum Gasteiger partial charge on any atom is 0.244 e. The van der Waals surface area contributed by atoms with E-state index in [-0.39, 0.29) is 27.9 Å². The highest BCUT2D eigenvalue weighted by molar-refractivity contribution is 6.31. The monoisotopic (exact) mass is 424 g/mol. The van der Waals surface area contributed by atoms with E-state index in [1.54, 1.807) is 6.07 Å². The van der Waals surface area contributed by atoms with Crippen molar-refractivity contribution in [3.63, 3.8) is 0 Å². The fourth-order valence-corrected chi connectivity index (χ4v) is 3.75. The zero-order valence-corrected chi connectivity index (χ0v) is 16.8. The Morgan fingerprint density at radius 3 is 2.70 bits per heavy atom. The first kappa shape index (κ1) is 19.8. The summed E-state index contributed by atoms with van der Waals surface area (Å²) in [5.41, 5.74) is 8.01. The van der Waals surface area contributed by atoms with Crippen LogP contribution in [0.25, 0.3) is 11.3 Å². The van der Waals surface area contributed by atoms with Gasteiger partial charge in [-0.2, -0.15) is 5.26 Å². The third-order valence-electron chi connectivity index (χ3n) is 4.84. The Hall–Kier alpha value is -3.50. The number of rotatable bonds is 5. The molecule has 0 saturated heterocycles. The molecule has 1 atom stereocenters. The Morgan fingerprint density at radius 1 is 1.27 bits per heavy atom. The summed E-state index contributed by atoms with van der Waals surface area (Å²) in [5.74, 6) is -0.623. The van der Waals surface area contributed by atoms with Crippen LogP contribution in [0.2, 0.25) is 5.02 Å². The quantitative estimate of drug-likeness (QED) is 0.608. The summed E-state index contributed by atoms with van der Waals surface area (Å²) in [6.07, 6.45) is 0.906. The van der Waals surface area contributed by atoms with Gasteiger partial charge in [0.1, 0.15) is 23.2 Å². The molecule has 1 aliphatic heterocycles. The van der Waals surface area contributed by atoms with Crippen molar-refractivity contribution < 1.29 is 13.9 Å². The highest BCUT2D eigenvalue weighted by Gasteiger charge is 2.38. The molecule has 3 aromatic rings. The lowest BCUT2D eigenvalue weighted by molar-refractivity contribution is 0.317. The predicted octanol–water partition coefficient (Wildman–Crippen LogP) is 4.88. The largest absolute Gasteiger partial charge is 0.494 e. The van der Waals surface area contributed by atoms with Crippen LogP contribution in [-0.4, -0.2) is 16.8 Å². The van der Waals surface area contributed by atoms with Gasteiger partial charge in [-0.25, -0.2) is 4.39 Å². The Labute approximate surface area is 177 Å². The highest BCUT2D eigenvalue weighted by atomic mass is 35.5. The summed E-state index contributed by atoms with van der Waals surface area (Å²) >= 11 is 6.33. The smallest absolute Gasteiger partial charge is 0.244 e. The SMILES string of the molecule is CCCOc1ccc(-c2[nH]nc3c2C(c2c(F)cccc2Cl)C(C#N)=C(N)O3)cc1. The van der Waals surface area contributed by atoms with Crippen molar-refractivity contribution in [2.24, 2.45) is 5.73 Å². The number of nitrogens with two attached hydrogens (primary N) is 1. The van der Waals surface area contributed by atoms with Gasteiger partial charge >= 0.3 is 0 Å². The van der Waals surface area contributed by atoms with E-state index in [0.29, 0.717) is 17.9 Å². The number of benzene rings is 2. The number of H-pyrrole nitrogens is 1. The molecule has 1 aromatic heterocycles.